The van der Waals surface area contributed by atoms with Crippen molar-refractivity contribution in [1.29, 1.82) is 0 Å². The summed E-state index contributed by atoms with van der Waals surface area (Å²) in [6.45, 7) is 12.8. The molecule has 2 N–H and O–H groups in total. The molecule has 2 aromatic rings. The second-order valence-electron chi connectivity index (χ2n) is 9.44. The molecule has 32 heavy (non-hydrogen) atoms. The van der Waals surface area contributed by atoms with E-state index in [4.69, 9.17) is 0 Å². The van der Waals surface area contributed by atoms with E-state index in [2.05, 4.69) is 47.5 Å². The summed E-state index contributed by atoms with van der Waals surface area (Å²) in [6.07, 6.45) is 3.37. The van der Waals surface area contributed by atoms with Gasteiger partial charge in [-0.3, -0.25) is 9.98 Å². The highest BCUT2D eigenvalue weighted by Gasteiger charge is 2.15. The molecule has 0 amide bonds. The molecule has 2 rings (SSSR count). The summed E-state index contributed by atoms with van der Waals surface area (Å²) in [6, 6.07) is 11.9. The lowest BCUT2D eigenvalue weighted by atomic mass is 10.1. The summed E-state index contributed by atoms with van der Waals surface area (Å²) in [7, 11) is 4.00. The molecule has 0 aliphatic heterocycles. The largest absolute Gasteiger partial charge is 0.507 e. The Morgan fingerprint density at radius 1 is 0.812 bits per heavy atom. The molecule has 0 aromatic heterocycles. The Balaban J connectivity index is 2.06. The molecule has 0 bridgehead atoms. The molecular formula is C26H38N4O2. The number of hydrogen-bond acceptors (Lipinski definition) is 6. The Bertz CT molecular complexity index is 964. The van der Waals surface area contributed by atoms with Gasteiger partial charge in [0.05, 0.1) is 12.1 Å². The fraction of sp³-hybridized carbons (Fsp3) is 0.462. The minimum atomic E-state index is -0.455. The van der Waals surface area contributed by atoms with E-state index in [1.54, 1.807) is 24.6 Å². The van der Waals surface area contributed by atoms with Crippen LogP contribution in [0.2, 0.25) is 0 Å². The number of nitrogens with zero attached hydrogens (tertiary/aromatic N) is 4. The fourth-order valence-electron chi connectivity index (χ4n) is 2.97. The molecule has 0 unspecified atom stereocenters. The quantitative estimate of drug-likeness (QED) is 0.534. The van der Waals surface area contributed by atoms with Crippen molar-refractivity contribution >= 4 is 23.8 Å². The number of hydrogen-bond donors (Lipinski definition) is 2. The smallest absolute Gasteiger partial charge is 0.126 e. The van der Waals surface area contributed by atoms with Crippen LogP contribution < -0.4 is 9.80 Å². The summed E-state index contributed by atoms with van der Waals surface area (Å²) in [4.78, 5) is 13.3. The molecular weight excluding hydrogens is 400 g/mol. The molecule has 0 aliphatic rings. The molecule has 0 radical (unpaired) electrons. The summed E-state index contributed by atoms with van der Waals surface area (Å²) < 4.78 is 0. The van der Waals surface area contributed by atoms with E-state index in [0.717, 1.165) is 11.4 Å². The summed E-state index contributed by atoms with van der Waals surface area (Å²) in [5.74, 6) is 0.408. The van der Waals surface area contributed by atoms with Gasteiger partial charge in [-0.1, -0.05) is 0 Å². The minimum Gasteiger partial charge on any atom is -0.507 e. The molecule has 0 atom stereocenters. The van der Waals surface area contributed by atoms with Crippen LogP contribution in [0, 0.1) is 0 Å². The molecule has 0 saturated carbocycles. The molecule has 0 spiro atoms. The van der Waals surface area contributed by atoms with Crippen molar-refractivity contribution in [1.82, 2.24) is 0 Å². The molecule has 0 fully saturated rings. The van der Waals surface area contributed by atoms with Crippen LogP contribution in [0.25, 0.3) is 0 Å². The number of phenolic OH excluding ortho intramolecular Hbond substituents is 2. The van der Waals surface area contributed by atoms with Crippen LogP contribution in [0.5, 0.6) is 11.5 Å². The first-order valence-electron chi connectivity index (χ1n) is 11.1. The third kappa shape index (κ3) is 6.74. The molecule has 174 valence electrons. The first kappa shape index (κ1) is 25.2. The molecule has 2 aromatic carbocycles. The number of aliphatic imine (C=N–C) groups is 2. The van der Waals surface area contributed by atoms with Crippen molar-refractivity contribution in [3.8, 4) is 11.5 Å². The van der Waals surface area contributed by atoms with E-state index in [1.807, 2.05) is 52.2 Å². The zero-order valence-electron chi connectivity index (χ0n) is 20.7. The fourth-order valence-corrected chi connectivity index (χ4v) is 2.97. The molecule has 6 heteroatoms. The Morgan fingerprint density at radius 3 is 1.66 bits per heavy atom. The third-order valence-corrected chi connectivity index (χ3v) is 5.65. The van der Waals surface area contributed by atoms with Gasteiger partial charge in [0.15, 0.2) is 0 Å². The van der Waals surface area contributed by atoms with E-state index in [-0.39, 0.29) is 11.5 Å². The molecule has 0 saturated heterocycles. The van der Waals surface area contributed by atoms with Crippen LogP contribution in [-0.2, 0) is 0 Å². The van der Waals surface area contributed by atoms with Gasteiger partial charge in [-0.05, 0) is 65.8 Å². The zero-order chi connectivity index (χ0) is 24.1. The lowest BCUT2D eigenvalue weighted by molar-refractivity contribution is 0.473. The first-order valence-corrected chi connectivity index (χ1v) is 11.1. The average molecular weight is 439 g/mol. The maximum Gasteiger partial charge on any atom is 0.126 e. The highest BCUT2D eigenvalue weighted by Crippen LogP contribution is 2.26. The van der Waals surface area contributed by atoms with Gasteiger partial charge in [0.1, 0.15) is 11.5 Å². The second kappa shape index (κ2) is 10.5. The van der Waals surface area contributed by atoms with Crippen molar-refractivity contribution < 1.29 is 10.2 Å². The van der Waals surface area contributed by atoms with Crippen molar-refractivity contribution in [2.24, 2.45) is 9.98 Å². The van der Waals surface area contributed by atoms with Gasteiger partial charge in [0.25, 0.3) is 0 Å². The molecule has 0 heterocycles. The SMILES string of the molecule is CC(C)N(C)c1ccc(C=NCC(C)(C)N=Cc2ccc(N(C)C(C)C)cc2O)c(O)c1. The molecule has 6 nitrogen and oxygen atoms in total. The van der Waals surface area contributed by atoms with Crippen molar-refractivity contribution in [3.63, 3.8) is 0 Å². The number of rotatable bonds is 9. The number of aromatic hydroxyl groups is 2. The van der Waals surface area contributed by atoms with Crippen LogP contribution in [0.15, 0.2) is 46.4 Å². The topological polar surface area (TPSA) is 71.7 Å². The molecule has 0 aliphatic carbocycles. The van der Waals surface area contributed by atoms with E-state index in [1.165, 1.54) is 0 Å². The van der Waals surface area contributed by atoms with Gasteiger partial charge >= 0.3 is 0 Å². The van der Waals surface area contributed by atoms with E-state index < -0.39 is 5.54 Å². The van der Waals surface area contributed by atoms with E-state index in [9.17, 15) is 10.2 Å². The number of phenols is 2. The van der Waals surface area contributed by atoms with Crippen molar-refractivity contribution in [2.45, 2.75) is 59.2 Å². The van der Waals surface area contributed by atoms with Crippen molar-refractivity contribution in [2.75, 3.05) is 30.4 Å². The highest BCUT2D eigenvalue weighted by atomic mass is 16.3. The van der Waals surface area contributed by atoms with Gasteiger partial charge in [-0.2, -0.15) is 0 Å². The lowest BCUT2D eigenvalue weighted by Gasteiger charge is -2.24. The Labute approximate surface area is 192 Å². The third-order valence-electron chi connectivity index (χ3n) is 5.65. The summed E-state index contributed by atoms with van der Waals surface area (Å²) in [5.41, 5.74) is 2.82. The van der Waals surface area contributed by atoms with Crippen molar-refractivity contribution in [3.05, 3.63) is 47.5 Å². The summed E-state index contributed by atoms with van der Waals surface area (Å²) in [5, 5.41) is 20.7. The Kier molecular flexibility index (Phi) is 8.31. The zero-order valence-corrected chi connectivity index (χ0v) is 20.7. The van der Waals surface area contributed by atoms with Gasteiger partial charge in [0, 0.05) is 73.2 Å². The maximum atomic E-state index is 10.4. The predicted molar refractivity (Wildman–Crippen MR) is 137 cm³/mol. The highest BCUT2D eigenvalue weighted by molar-refractivity contribution is 5.85. The summed E-state index contributed by atoms with van der Waals surface area (Å²) >= 11 is 0. The Morgan fingerprint density at radius 2 is 1.25 bits per heavy atom. The Hall–Kier alpha value is -3.02. The van der Waals surface area contributed by atoms with Crippen LogP contribution in [0.3, 0.4) is 0 Å². The predicted octanol–water partition coefficient (Wildman–Crippen LogP) is 5.10. The van der Waals surface area contributed by atoms with Gasteiger partial charge < -0.3 is 20.0 Å². The van der Waals surface area contributed by atoms with Crippen LogP contribution in [0.1, 0.15) is 52.7 Å². The minimum absolute atomic E-state index is 0.203. The van der Waals surface area contributed by atoms with E-state index >= 15 is 0 Å². The van der Waals surface area contributed by atoms with Gasteiger partial charge in [0.2, 0.25) is 0 Å². The number of benzene rings is 2. The lowest BCUT2D eigenvalue weighted by Crippen LogP contribution is -2.25. The first-order chi connectivity index (χ1) is 14.9. The van der Waals surface area contributed by atoms with E-state index in [0.29, 0.717) is 29.8 Å². The second-order valence-corrected chi connectivity index (χ2v) is 9.44. The average Bonchev–Trinajstić information content (AvgIpc) is 2.72. The van der Waals surface area contributed by atoms with Crippen LogP contribution >= 0.6 is 0 Å². The van der Waals surface area contributed by atoms with Gasteiger partial charge in [-0.25, -0.2) is 0 Å². The number of anilines is 2. The maximum absolute atomic E-state index is 10.4. The normalized spacial score (nSPS) is 12.4. The monoisotopic (exact) mass is 438 g/mol. The standard InChI is InChI=1S/C26H38N4O2/c1-18(2)29(7)22-11-9-20(24(31)13-22)15-27-17-26(5,6)28-16-21-10-12-23(14-25(21)32)30(8)19(3)4/h9-16,18-19,31-32H,17H2,1-8H3. The van der Waals surface area contributed by atoms with Gasteiger partial charge in [-0.15, -0.1) is 0 Å². The van der Waals surface area contributed by atoms with Crippen LogP contribution in [0.4, 0.5) is 11.4 Å². The van der Waals surface area contributed by atoms with Crippen LogP contribution in [-0.4, -0.2) is 60.9 Å².